The van der Waals surface area contributed by atoms with Crippen molar-refractivity contribution in [3.8, 4) is 11.3 Å². The number of amidine groups is 1. The van der Waals surface area contributed by atoms with Crippen molar-refractivity contribution in [3.05, 3.63) is 29.9 Å². The van der Waals surface area contributed by atoms with E-state index in [9.17, 15) is 0 Å². The Morgan fingerprint density at radius 2 is 2.38 bits per heavy atom. The zero-order valence-electron chi connectivity index (χ0n) is 10.8. The lowest BCUT2D eigenvalue weighted by atomic mass is 10.2. The van der Waals surface area contributed by atoms with Gasteiger partial charge in [0.1, 0.15) is 5.51 Å². The van der Waals surface area contributed by atoms with Crippen LogP contribution in [-0.4, -0.2) is 41.8 Å². The van der Waals surface area contributed by atoms with Crippen LogP contribution in [0, 0.1) is 0 Å². The molecule has 8 nitrogen and oxygen atoms in total. The number of nitrogens with zero attached hydrogens (tertiary/aromatic N) is 6. The lowest BCUT2D eigenvalue weighted by Crippen LogP contribution is -2.24. The van der Waals surface area contributed by atoms with Crippen molar-refractivity contribution in [1.29, 1.82) is 0 Å². The third-order valence-corrected chi connectivity index (χ3v) is 4.35. The number of hydrogen-bond acceptors (Lipinski definition) is 7. The highest BCUT2D eigenvalue weighted by Gasteiger charge is 2.45. The zero-order valence-corrected chi connectivity index (χ0v) is 11.6. The molecule has 21 heavy (non-hydrogen) atoms. The molecule has 3 aromatic rings. The summed E-state index contributed by atoms with van der Waals surface area (Å²) < 4.78 is 2.24. The molecule has 4 heterocycles. The van der Waals surface area contributed by atoms with E-state index in [4.69, 9.17) is 4.99 Å². The summed E-state index contributed by atoms with van der Waals surface area (Å²) in [6, 6.07) is 0.736. The molecule has 9 heteroatoms. The molecular weight excluding hydrogens is 288 g/mol. The number of aromatic amines is 1. The average Bonchev–Trinajstić information content (AvgIpc) is 3.00. The van der Waals surface area contributed by atoms with E-state index in [1.54, 1.807) is 5.51 Å². The Morgan fingerprint density at radius 1 is 1.38 bits per heavy atom. The Balaban J connectivity index is 1.60. The zero-order chi connectivity index (χ0) is 13.8. The lowest BCUT2D eigenvalue weighted by molar-refractivity contribution is 0.694. The molecule has 3 aromatic heterocycles. The van der Waals surface area contributed by atoms with E-state index in [1.807, 2.05) is 18.6 Å². The van der Waals surface area contributed by atoms with Crippen molar-refractivity contribution < 1.29 is 0 Å². The Bertz CT molecular complexity index is 816. The molecule has 0 bridgehead atoms. The van der Waals surface area contributed by atoms with Crippen LogP contribution >= 0.6 is 11.3 Å². The molecule has 1 aliphatic carbocycles. The van der Waals surface area contributed by atoms with Crippen LogP contribution in [0.15, 0.2) is 29.1 Å². The van der Waals surface area contributed by atoms with Gasteiger partial charge in [-0.05, 0) is 6.42 Å². The third kappa shape index (κ3) is 1.64. The summed E-state index contributed by atoms with van der Waals surface area (Å²) in [4.78, 5) is 9.24. The fraction of sp³-hybridized carbons (Fsp3) is 0.250. The highest BCUT2D eigenvalue weighted by Crippen LogP contribution is 2.45. The first kappa shape index (κ1) is 11.1. The number of fused-ring (bicyclic) bond motifs is 3. The van der Waals surface area contributed by atoms with Gasteiger partial charge in [0.05, 0.1) is 30.2 Å². The van der Waals surface area contributed by atoms with Crippen LogP contribution in [0.25, 0.3) is 11.3 Å². The van der Waals surface area contributed by atoms with Gasteiger partial charge in [-0.1, -0.05) is 11.3 Å². The van der Waals surface area contributed by atoms with E-state index in [0.29, 0.717) is 12.1 Å². The van der Waals surface area contributed by atoms with Crippen LogP contribution in [0.1, 0.15) is 18.3 Å². The van der Waals surface area contributed by atoms with E-state index in [0.717, 1.165) is 34.5 Å². The molecule has 0 saturated heterocycles. The Labute approximate surface area is 123 Å². The highest BCUT2D eigenvalue weighted by molar-refractivity contribution is 7.13. The quantitative estimate of drug-likeness (QED) is 0.743. The number of rotatable bonds is 2. The standard InChI is InChI=1S/C12H10N8S/c1-7-8(1)20-9(6-2-14-15-3-6)4-13-11(20)10(17-7)18-12-19-16-5-21-12/h2-5,7-8H,1H2,(H,14,15)(H,17,18,19). The van der Waals surface area contributed by atoms with Crippen LogP contribution in [0.4, 0.5) is 5.13 Å². The minimum Gasteiger partial charge on any atom is -0.316 e. The van der Waals surface area contributed by atoms with Crippen molar-refractivity contribution in [3.63, 3.8) is 0 Å². The molecule has 104 valence electrons. The van der Waals surface area contributed by atoms with E-state index in [-0.39, 0.29) is 0 Å². The second-order valence-corrected chi connectivity index (χ2v) is 5.87. The molecule has 2 aliphatic rings. The maximum absolute atomic E-state index is 4.70. The first-order valence-electron chi connectivity index (χ1n) is 6.58. The van der Waals surface area contributed by atoms with Gasteiger partial charge in [-0.2, -0.15) is 5.10 Å². The smallest absolute Gasteiger partial charge is 0.211 e. The van der Waals surface area contributed by atoms with Crippen LogP contribution < -0.4 is 5.32 Å². The summed E-state index contributed by atoms with van der Waals surface area (Å²) in [5.74, 6) is 1.61. The van der Waals surface area contributed by atoms with E-state index in [1.165, 1.54) is 11.3 Å². The summed E-state index contributed by atoms with van der Waals surface area (Å²) in [7, 11) is 0. The average molecular weight is 298 g/mol. The van der Waals surface area contributed by atoms with Crippen LogP contribution in [0.3, 0.4) is 0 Å². The predicted molar refractivity (Wildman–Crippen MR) is 77.3 cm³/mol. The maximum Gasteiger partial charge on any atom is 0.211 e. The fourth-order valence-corrected chi connectivity index (χ4v) is 3.15. The number of nitrogens with one attached hydrogen (secondary N) is 2. The van der Waals surface area contributed by atoms with E-state index >= 15 is 0 Å². The summed E-state index contributed by atoms with van der Waals surface area (Å²) in [5, 5.41) is 18.6. The second-order valence-electron chi connectivity index (χ2n) is 5.04. The largest absolute Gasteiger partial charge is 0.316 e. The molecule has 0 amide bonds. The number of imidazole rings is 1. The molecule has 1 aliphatic heterocycles. The summed E-state index contributed by atoms with van der Waals surface area (Å²) in [5.41, 5.74) is 3.80. The first-order chi connectivity index (χ1) is 10.4. The molecule has 0 spiro atoms. The van der Waals surface area contributed by atoms with Gasteiger partial charge in [-0.15, -0.1) is 10.2 Å². The van der Waals surface area contributed by atoms with Gasteiger partial charge in [0.2, 0.25) is 5.13 Å². The number of anilines is 1. The van der Waals surface area contributed by atoms with Gasteiger partial charge in [0, 0.05) is 11.8 Å². The molecule has 5 rings (SSSR count). The second kappa shape index (κ2) is 3.98. The van der Waals surface area contributed by atoms with Gasteiger partial charge < -0.3 is 9.88 Å². The molecule has 0 radical (unpaired) electrons. The van der Waals surface area contributed by atoms with E-state index < -0.39 is 0 Å². The topological polar surface area (TPSA) is 96.7 Å². The van der Waals surface area contributed by atoms with Gasteiger partial charge >= 0.3 is 0 Å². The predicted octanol–water partition coefficient (Wildman–Crippen LogP) is 1.31. The summed E-state index contributed by atoms with van der Waals surface area (Å²) >= 11 is 1.44. The number of aliphatic imine (C=N–C) groups is 1. The van der Waals surface area contributed by atoms with Crippen LogP contribution in [-0.2, 0) is 0 Å². The SMILES string of the molecule is c1nnc(NC2=NC3CC3n3c(-c4cn[nH]c4)cnc32)s1. The first-order valence-corrected chi connectivity index (χ1v) is 7.46. The third-order valence-electron chi connectivity index (χ3n) is 3.74. The molecule has 0 aromatic carbocycles. The Kier molecular flexibility index (Phi) is 2.11. The molecule has 2 N–H and O–H groups in total. The van der Waals surface area contributed by atoms with Gasteiger partial charge in [0.15, 0.2) is 11.7 Å². The number of H-pyrrole nitrogens is 1. The van der Waals surface area contributed by atoms with Crippen LogP contribution in [0.5, 0.6) is 0 Å². The number of aromatic nitrogens is 6. The van der Waals surface area contributed by atoms with Gasteiger partial charge in [-0.25, -0.2) is 4.98 Å². The normalized spacial score (nSPS) is 22.4. The minimum absolute atomic E-state index is 0.327. The Morgan fingerprint density at radius 3 is 3.19 bits per heavy atom. The van der Waals surface area contributed by atoms with Crippen LogP contribution in [0.2, 0.25) is 0 Å². The molecular formula is C12H10N8S. The van der Waals surface area contributed by atoms with Gasteiger partial charge in [0.25, 0.3) is 0 Å². The summed E-state index contributed by atoms with van der Waals surface area (Å²) in [6.07, 6.45) is 6.62. The van der Waals surface area contributed by atoms with Crippen molar-refractivity contribution >= 4 is 22.3 Å². The monoisotopic (exact) mass is 298 g/mol. The molecule has 2 unspecified atom stereocenters. The van der Waals surface area contributed by atoms with Gasteiger partial charge in [-0.3, -0.25) is 10.1 Å². The lowest BCUT2D eigenvalue weighted by Gasteiger charge is -2.16. The Hall–Kier alpha value is -2.55. The highest BCUT2D eigenvalue weighted by atomic mass is 32.1. The summed E-state index contributed by atoms with van der Waals surface area (Å²) in [6.45, 7) is 0. The van der Waals surface area contributed by atoms with E-state index in [2.05, 4.69) is 35.3 Å². The fourth-order valence-electron chi connectivity index (χ4n) is 2.70. The number of hydrogen-bond donors (Lipinski definition) is 2. The molecule has 1 fully saturated rings. The molecule has 2 atom stereocenters. The molecule has 1 saturated carbocycles. The minimum atomic E-state index is 0.327. The van der Waals surface area contributed by atoms with Crippen molar-refractivity contribution in [1.82, 2.24) is 29.9 Å². The van der Waals surface area contributed by atoms with Crippen molar-refractivity contribution in [2.45, 2.75) is 18.5 Å². The maximum atomic E-state index is 4.70. The van der Waals surface area contributed by atoms with Crippen molar-refractivity contribution in [2.24, 2.45) is 4.99 Å². The van der Waals surface area contributed by atoms with Crippen molar-refractivity contribution in [2.75, 3.05) is 5.32 Å².